The number of rotatable bonds is 8. The molecule has 8 heteroatoms. The summed E-state index contributed by atoms with van der Waals surface area (Å²) in [5, 5.41) is 0.967. The average molecular weight is 409 g/mol. The standard InChI is InChI=1S/C20H28NO6P/c1-7-25-28(24,26-8-2)15-9-10-18-16(11-15)17(14(3)22)12-21(18)13-19(23)27-20(4,5)6/h9-12H,7-8,13H2,1-6H3. The lowest BCUT2D eigenvalue weighted by Gasteiger charge is -2.20. The minimum Gasteiger partial charge on any atom is -0.459 e. The maximum absolute atomic E-state index is 13.1. The van der Waals surface area contributed by atoms with E-state index in [0.717, 1.165) is 0 Å². The zero-order chi connectivity index (χ0) is 21.1. The second-order valence-electron chi connectivity index (χ2n) is 7.35. The van der Waals surface area contributed by atoms with Crippen LogP contribution in [-0.2, 0) is 29.7 Å². The predicted octanol–water partition coefficient (Wildman–Crippen LogP) is 4.08. The summed E-state index contributed by atoms with van der Waals surface area (Å²) in [4.78, 5) is 24.4. The number of ketones is 1. The molecule has 1 aromatic heterocycles. The molecule has 0 aliphatic carbocycles. The normalized spacial score (nSPS) is 12.4. The Kier molecular flexibility index (Phi) is 6.86. The summed E-state index contributed by atoms with van der Waals surface area (Å²) in [6.07, 6.45) is 1.62. The maximum atomic E-state index is 13.1. The minimum absolute atomic E-state index is 0.0328. The molecule has 1 heterocycles. The Bertz CT molecular complexity index is 915. The van der Waals surface area contributed by atoms with Gasteiger partial charge < -0.3 is 18.4 Å². The number of esters is 1. The summed E-state index contributed by atoms with van der Waals surface area (Å²) in [6, 6.07) is 5.00. The van der Waals surface area contributed by atoms with Gasteiger partial charge in [0, 0.05) is 22.7 Å². The first-order valence-electron chi connectivity index (χ1n) is 9.26. The number of nitrogens with zero attached hydrogens (tertiary/aromatic N) is 1. The predicted molar refractivity (Wildman–Crippen MR) is 108 cm³/mol. The van der Waals surface area contributed by atoms with Crippen molar-refractivity contribution in [2.45, 2.75) is 53.7 Å². The number of benzene rings is 1. The molecule has 0 saturated carbocycles. The molecule has 0 amide bonds. The second-order valence-corrected chi connectivity index (χ2v) is 9.38. The number of aromatic nitrogens is 1. The molecule has 0 N–H and O–H groups in total. The van der Waals surface area contributed by atoms with E-state index in [2.05, 4.69) is 0 Å². The molecule has 0 saturated heterocycles. The van der Waals surface area contributed by atoms with Gasteiger partial charge in [0.15, 0.2) is 5.78 Å². The van der Waals surface area contributed by atoms with Gasteiger partial charge in [0.05, 0.1) is 18.5 Å². The topological polar surface area (TPSA) is 83.8 Å². The van der Waals surface area contributed by atoms with E-state index in [1.165, 1.54) is 6.92 Å². The Morgan fingerprint density at radius 2 is 1.71 bits per heavy atom. The molecule has 7 nitrogen and oxygen atoms in total. The number of carbonyl (C=O) groups excluding carboxylic acids is 2. The summed E-state index contributed by atoms with van der Waals surface area (Å²) < 4.78 is 30.9. The molecule has 0 atom stereocenters. The SMILES string of the molecule is CCOP(=O)(OCC)c1ccc2c(c1)c(C(C)=O)cn2CC(=O)OC(C)(C)C. The van der Waals surface area contributed by atoms with Crippen LogP contribution >= 0.6 is 7.60 Å². The summed E-state index contributed by atoms with van der Waals surface area (Å²) in [5.41, 5.74) is 0.498. The zero-order valence-corrected chi connectivity index (χ0v) is 18.2. The molecule has 2 aromatic rings. The van der Waals surface area contributed by atoms with E-state index < -0.39 is 19.2 Å². The van der Waals surface area contributed by atoms with Crippen molar-refractivity contribution in [3.8, 4) is 0 Å². The number of carbonyl (C=O) groups is 2. The van der Waals surface area contributed by atoms with Gasteiger partial charge >= 0.3 is 13.6 Å². The van der Waals surface area contributed by atoms with Gasteiger partial charge in [0.25, 0.3) is 0 Å². The smallest absolute Gasteiger partial charge is 0.361 e. The first kappa shape index (κ1) is 22.3. The lowest BCUT2D eigenvalue weighted by molar-refractivity contribution is -0.155. The molecule has 2 rings (SSSR count). The Hall–Kier alpha value is -1.95. The summed E-state index contributed by atoms with van der Waals surface area (Å²) >= 11 is 0. The van der Waals surface area contributed by atoms with Gasteiger partial charge in [-0.1, -0.05) is 0 Å². The Morgan fingerprint density at radius 1 is 1.11 bits per heavy atom. The highest BCUT2D eigenvalue weighted by Gasteiger charge is 2.28. The molecule has 28 heavy (non-hydrogen) atoms. The van der Waals surface area contributed by atoms with Gasteiger partial charge in [-0.25, -0.2) is 0 Å². The van der Waals surface area contributed by atoms with Crippen LogP contribution in [0.4, 0.5) is 0 Å². The lowest BCUT2D eigenvalue weighted by atomic mass is 10.1. The Balaban J connectivity index is 2.52. The van der Waals surface area contributed by atoms with Gasteiger partial charge in [-0.15, -0.1) is 0 Å². The number of Topliss-reactive ketones (excluding diaryl/α,β-unsaturated/α-hetero) is 1. The quantitative estimate of drug-likeness (QED) is 0.371. The average Bonchev–Trinajstić information content (AvgIpc) is 2.91. The molecule has 0 spiro atoms. The van der Waals surface area contributed by atoms with Crippen molar-refractivity contribution in [3.63, 3.8) is 0 Å². The fourth-order valence-electron chi connectivity index (χ4n) is 2.91. The molecule has 0 unspecified atom stereocenters. The van der Waals surface area contributed by atoms with Gasteiger partial charge in [-0.05, 0) is 59.7 Å². The van der Waals surface area contributed by atoms with Crippen molar-refractivity contribution in [2.75, 3.05) is 13.2 Å². The molecule has 0 fully saturated rings. The van der Waals surface area contributed by atoms with Gasteiger partial charge in [-0.2, -0.15) is 0 Å². The Morgan fingerprint density at radius 3 is 2.21 bits per heavy atom. The largest absolute Gasteiger partial charge is 0.459 e. The van der Waals surface area contributed by atoms with Gasteiger partial charge in [0.1, 0.15) is 12.1 Å². The number of hydrogen-bond donors (Lipinski definition) is 0. The van der Waals surface area contributed by atoms with Crippen LogP contribution in [0.5, 0.6) is 0 Å². The van der Waals surface area contributed by atoms with Crippen LogP contribution in [0.3, 0.4) is 0 Å². The third-order valence-electron chi connectivity index (χ3n) is 3.88. The second kappa shape index (κ2) is 8.60. The van der Waals surface area contributed by atoms with E-state index in [1.54, 1.807) is 63.6 Å². The molecule has 0 bridgehead atoms. The molecular weight excluding hydrogens is 381 g/mol. The van der Waals surface area contributed by atoms with Crippen molar-refractivity contribution in [3.05, 3.63) is 30.0 Å². The monoisotopic (exact) mass is 409 g/mol. The molecule has 1 aromatic carbocycles. The van der Waals surface area contributed by atoms with Crippen LogP contribution < -0.4 is 5.30 Å². The highest BCUT2D eigenvalue weighted by molar-refractivity contribution is 7.62. The van der Waals surface area contributed by atoms with E-state index in [1.807, 2.05) is 0 Å². The zero-order valence-electron chi connectivity index (χ0n) is 17.3. The van der Waals surface area contributed by atoms with E-state index in [-0.39, 0.29) is 25.5 Å². The number of hydrogen-bond acceptors (Lipinski definition) is 6. The minimum atomic E-state index is -3.48. The van der Waals surface area contributed by atoms with Crippen LogP contribution in [0.25, 0.3) is 10.9 Å². The summed E-state index contributed by atoms with van der Waals surface area (Å²) in [5.74, 6) is -0.564. The highest BCUT2D eigenvalue weighted by Crippen LogP contribution is 2.47. The van der Waals surface area contributed by atoms with Crippen LogP contribution in [0.15, 0.2) is 24.4 Å². The lowest BCUT2D eigenvalue weighted by Crippen LogP contribution is -2.26. The number of ether oxygens (including phenoxy) is 1. The van der Waals surface area contributed by atoms with E-state index in [0.29, 0.717) is 21.8 Å². The molecule has 0 aliphatic rings. The third kappa shape index (κ3) is 5.10. The third-order valence-corrected chi connectivity index (χ3v) is 5.98. The van der Waals surface area contributed by atoms with E-state index in [4.69, 9.17) is 13.8 Å². The molecule has 0 radical (unpaired) electrons. The van der Waals surface area contributed by atoms with Gasteiger partial charge in [0.2, 0.25) is 0 Å². The maximum Gasteiger partial charge on any atom is 0.361 e. The van der Waals surface area contributed by atoms with Crippen molar-refractivity contribution in [2.24, 2.45) is 0 Å². The van der Waals surface area contributed by atoms with Crippen molar-refractivity contribution < 1.29 is 27.9 Å². The van der Waals surface area contributed by atoms with E-state index in [9.17, 15) is 14.2 Å². The summed E-state index contributed by atoms with van der Waals surface area (Å²) in [7, 11) is -3.48. The van der Waals surface area contributed by atoms with Crippen LogP contribution in [0.1, 0.15) is 51.9 Å². The molecule has 154 valence electrons. The fraction of sp³-hybridized carbons (Fsp3) is 0.500. The Labute approximate surface area is 165 Å². The molecule has 0 aliphatic heterocycles. The summed E-state index contributed by atoms with van der Waals surface area (Å²) in [6.45, 7) is 10.7. The van der Waals surface area contributed by atoms with Crippen LogP contribution in [-0.4, -0.2) is 35.1 Å². The van der Waals surface area contributed by atoms with E-state index >= 15 is 0 Å². The highest BCUT2D eigenvalue weighted by atomic mass is 31.2. The first-order chi connectivity index (χ1) is 13.0. The van der Waals surface area contributed by atoms with Crippen LogP contribution in [0.2, 0.25) is 0 Å². The first-order valence-corrected chi connectivity index (χ1v) is 10.8. The van der Waals surface area contributed by atoms with Crippen molar-refractivity contribution >= 4 is 35.6 Å². The fourth-order valence-corrected chi connectivity index (χ4v) is 4.50. The molecular formula is C20H28NO6P. The van der Waals surface area contributed by atoms with Crippen LogP contribution in [0, 0.1) is 0 Å². The van der Waals surface area contributed by atoms with Crippen molar-refractivity contribution in [1.29, 1.82) is 0 Å². The number of fused-ring (bicyclic) bond motifs is 1. The van der Waals surface area contributed by atoms with Crippen molar-refractivity contribution in [1.82, 2.24) is 4.57 Å². The van der Waals surface area contributed by atoms with Gasteiger partial charge in [-0.3, -0.25) is 14.2 Å².